The molecule has 0 saturated carbocycles. The summed E-state index contributed by atoms with van der Waals surface area (Å²) in [5, 5.41) is 1.86. The van der Waals surface area contributed by atoms with Crippen molar-refractivity contribution in [2.45, 2.75) is 0 Å². The van der Waals surface area contributed by atoms with Crippen molar-refractivity contribution in [3.8, 4) is 0 Å². The second-order valence-electron chi connectivity index (χ2n) is 2.17. The Labute approximate surface area is 67.1 Å². The molecule has 1 aromatic heterocycles. The summed E-state index contributed by atoms with van der Waals surface area (Å²) in [4.78, 5) is 0.968. The summed E-state index contributed by atoms with van der Waals surface area (Å²) in [6.07, 6.45) is 5.45. The molecule has 0 fully saturated rings. The van der Waals surface area contributed by atoms with Crippen molar-refractivity contribution in [1.29, 1.82) is 4.78 Å². The summed E-state index contributed by atoms with van der Waals surface area (Å²) in [5.41, 5.74) is 0. The van der Waals surface area contributed by atoms with E-state index in [1.165, 1.54) is 0 Å². The molecule has 2 heterocycles. The standard InChI is InChI=1S/C8H7NOS/c9-11-6-2-4-8(11)7-3-1-5-10-7/h1-6,9H. The SMILES string of the molecule is N=S1C=CC=C1c1ccco1. The zero-order valence-electron chi connectivity index (χ0n) is 5.78. The fraction of sp³-hybridized carbons (Fsp3) is 0. The molecule has 3 heteroatoms. The first kappa shape index (κ1) is 6.61. The normalized spacial score (nSPS) is 22.2. The molecule has 0 aromatic carbocycles. The second-order valence-corrected chi connectivity index (χ2v) is 3.56. The van der Waals surface area contributed by atoms with E-state index in [1.807, 2.05) is 29.7 Å². The molecule has 1 aromatic rings. The zero-order chi connectivity index (χ0) is 7.68. The molecule has 56 valence electrons. The first-order valence-electron chi connectivity index (χ1n) is 3.24. The molecule has 0 saturated heterocycles. The van der Waals surface area contributed by atoms with Gasteiger partial charge in [0, 0.05) is 0 Å². The summed E-state index contributed by atoms with van der Waals surface area (Å²) < 4.78 is 12.7. The van der Waals surface area contributed by atoms with Crippen LogP contribution in [-0.4, -0.2) is 0 Å². The van der Waals surface area contributed by atoms with Gasteiger partial charge in [0.15, 0.2) is 0 Å². The predicted molar refractivity (Wildman–Crippen MR) is 45.9 cm³/mol. The maximum absolute atomic E-state index is 7.58. The van der Waals surface area contributed by atoms with Gasteiger partial charge in [-0.3, -0.25) is 4.78 Å². The van der Waals surface area contributed by atoms with Gasteiger partial charge in [-0.1, -0.05) is 6.08 Å². The molecule has 2 rings (SSSR count). The Kier molecular flexibility index (Phi) is 1.51. The van der Waals surface area contributed by atoms with Crippen LogP contribution in [0.5, 0.6) is 0 Å². The van der Waals surface area contributed by atoms with Gasteiger partial charge in [-0.2, -0.15) is 0 Å². The maximum Gasteiger partial charge on any atom is 0.141 e. The Morgan fingerprint density at radius 2 is 2.36 bits per heavy atom. The van der Waals surface area contributed by atoms with Crippen LogP contribution >= 0.6 is 0 Å². The largest absolute Gasteiger partial charge is 0.464 e. The van der Waals surface area contributed by atoms with Gasteiger partial charge in [0.2, 0.25) is 0 Å². The van der Waals surface area contributed by atoms with Crippen LogP contribution in [0, 0.1) is 4.78 Å². The monoisotopic (exact) mass is 165 g/mol. The minimum atomic E-state index is -0.503. The maximum atomic E-state index is 7.58. The van der Waals surface area contributed by atoms with E-state index in [4.69, 9.17) is 9.20 Å². The Balaban J connectivity index is 2.40. The number of hydrogen-bond donors (Lipinski definition) is 1. The third-order valence-corrected chi connectivity index (χ3v) is 2.70. The molecule has 1 atom stereocenters. The molecule has 11 heavy (non-hydrogen) atoms. The van der Waals surface area contributed by atoms with Crippen molar-refractivity contribution in [2.75, 3.05) is 0 Å². The lowest BCUT2D eigenvalue weighted by molar-refractivity contribution is 0.556. The number of nitrogens with one attached hydrogen (secondary N) is 1. The summed E-state index contributed by atoms with van der Waals surface area (Å²) in [5.74, 6) is 0.813. The molecule has 0 spiro atoms. The molecule has 0 amide bonds. The van der Waals surface area contributed by atoms with E-state index in [2.05, 4.69) is 0 Å². The third kappa shape index (κ3) is 1.07. The summed E-state index contributed by atoms with van der Waals surface area (Å²) >= 11 is 0. The van der Waals surface area contributed by atoms with Gasteiger partial charge in [0.1, 0.15) is 5.76 Å². The van der Waals surface area contributed by atoms with Gasteiger partial charge in [-0.15, -0.1) is 0 Å². The van der Waals surface area contributed by atoms with Crippen LogP contribution < -0.4 is 0 Å². The molecule has 1 aliphatic rings. The highest BCUT2D eigenvalue weighted by molar-refractivity contribution is 7.98. The molecular formula is C8H7NOS. The van der Waals surface area contributed by atoms with Gasteiger partial charge in [0.25, 0.3) is 0 Å². The lowest BCUT2D eigenvalue weighted by Crippen LogP contribution is -1.81. The highest BCUT2D eigenvalue weighted by Crippen LogP contribution is 2.24. The Hall–Kier alpha value is -1.09. The van der Waals surface area contributed by atoms with Crippen molar-refractivity contribution in [3.05, 3.63) is 41.7 Å². The van der Waals surface area contributed by atoms with Crippen LogP contribution in [0.1, 0.15) is 5.76 Å². The first-order valence-corrected chi connectivity index (χ1v) is 4.53. The van der Waals surface area contributed by atoms with E-state index in [0.717, 1.165) is 10.7 Å². The van der Waals surface area contributed by atoms with Crippen LogP contribution in [0.4, 0.5) is 0 Å². The number of rotatable bonds is 1. The lowest BCUT2D eigenvalue weighted by atomic mass is 10.4. The molecule has 0 radical (unpaired) electrons. The average Bonchev–Trinajstić information content (AvgIpc) is 2.55. The molecular weight excluding hydrogens is 158 g/mol. The Morgan fingerprint density at radius 1 is 1.45 bits per heavy atom. The molecule has 1 aliphatic heterocycles. The zero-order valence-corrected chi connectivity index (χ0v) is 6.60. The smallest absolute Gasteiger partial charge is 0.141 e. The van der Waals surface area contributed by atoms with Crippen molar-refractivity contribution in [3.63, 3.8) is 0 Å². The van der Waals surface area contributed by atoms with Crippen LogP contribution in [0.25, 0.3) is 4.91 Å². The van der Waals surface area contributed by atoms with Crippen LogP contribution in [0.15, 0.2) is 40.4 Å². The molecule has 0 bridgehead atoms. The predicted octanol–water partition coefficient (Wildman–Crippen LogP) is 2.53. The summed E-state index contributed by atoms with van der Waals surface area (Å²) in [7, 11) is -0.503. The van der Waals surface area contributed by atoms with Crippen molar-refractivity contribution in [2.24, 2.45) is 0 Å². The van der Waals surface area contributed by atoms with Gasteiger partial charge >= 0.3 is 0 Å². The van der Waals surface area contributed by atoms with Crippen molar-refractivity contribution >= 4 is 15.6 Å². The van der Waals surface area contributed by atoms with Crippen LogP contribution in [0.2, 0.25) is 0 Å². The van der Waals surface area contributed by atoms with E-state index in [1.54, 1.807) is 6.26 Å². The minimum absolute atomic E-state index is 0.503. The highest BCUT2D eigenvalue weighted by atomic mass is 32.2. The topological polar surface area (TPSA) is 37.0 Å². The van der Waals surface area contributed by atoms with E-state index in [-0.39, 0.29) is 0 Å². The van der Waals surface area contributed by atoms with Gasteiger partial charge in [0.05, 0.1) is 11.2 Å². The first-order chi connectivity index (χ1) is 5.38. The third-order valence-electron chi connectivity index (χ3n) is 1.46. The van der Waals surface area contributed by atoms with E-state index >= 15 is 0 Å². The highest BCUT2D eigenvalue weighted by Gasteiger charge is 2.09. The number of allylic oxidation sites excluding steroid dienone is 2. The van der Waals surface area contributed by atoms with Gasteiger partial charge < -0.3 is 4.42 Å². The lowest BCUT2D eigenvalue weighted by Gasteiger charge is -1.96. The Morgan fingerprint density at radius 3 is 2.91 bits per heavy atom. The van der Waals surface area contributed by atoms with E-state index in [9.17, 15) is 0 Å². The molecule has 2 nitrogen and oxygen atoms in total. The molecule has 1 unspecified atom stereocenters. The minimum Gasteiger partial charge on any atom is -0.464 e. The quantitative estimate of drug-likeness (QED) is 0.682. The van der Waals surface area contributed by atoms with Crippen LogP contribution in [-0.2, 0) is 10.7 Å². The van der Waals surface area contributed by atoms with Gasteiger partial charge in [-0.05, 0) is 34.3 Å². The average molecular weight is 165 g/mol. The summed E-state index contributed by atoms with van der Waals surface area (Å²) in [6, 6.07) is 3.72. The molecule has 1 N–H and O–H groups in total. The van der Waals surface area contributed by atoms with Crippen molar-refractivity contribution in [1.82, 2.24) is 0 Å². The number of hydrogen-bond acceptors (Lipinski definition) is 2. The summed E-state index contributed by atoms with van der Waals surface area (Å²) in [6.45, 7) is 0. The van der Waals surface area contributed by atoms with E-state index < -0.39 is 10.7 Å². The second kappa shape index (κ2) is 2.51. The Bertz CT molecular complexity index is 335. The van der Waals surface area contributed by atoms with Crippen LogP contribution in [0.3, 0.4) is 0 Å². The fourth-order valence-corrected chi connectivity index (χ4v) is 1.90. The van der Waals surface area contributed by atoms with E-state index in [0.29, 0.717) is 0 Å². The van der Waals surface area contributed by atoms with Crippen molar-refractivity contribution < 1.29 is 4.42 Å². The fourth-order valence-electron chi connectivity index (χ4n) is 0.961. The van der Waals surface area contributed by atoms with Gasteiger partial charge in [-0.25, -0.2) is 0 Å². The molecule has 0 aliphatic carbocycles. The number of furan rings is 1.